The standard InChI is InChI=1S/C19H15N3O5S/c1-27-16-11-13(7-8-15(16)21-19(24)17-6-3-9-28-17)20-18(23)12-4-2-5-14(10-12)22(25)26/h2-11H,1H3,(H,20,23)(H,21,24). The van der Waals surface area contributed by atoms with Gasteiger partial charge in [0.2, 0.25) is 0 Å². The van der Waals surface area contributed by atoms with Crippen LogP contribution in [-0.4, -0.2) is 23.8 Å². The first-order valence-electron chi connectivity index (χ1n) is 8.06. The summed E-state index contributed by atoms with van der Waals surface area (Å²) in [5.41, 5.74) is 0.858. The average molecular weight is 397 g/mol. The van der Waals surface area contributed by atoms with Gasteiger partial charge in [-0.3, -0.25) is 19.7 Å². The molecule has 1 aromatic heterocycles. The number of nitro groups is 1. The van der Waals surface area contributed by atoms with E-state index in [0.717, 1.165) is 0 Å². The van der Waals surface area contributed by atoms with E-state index in [0.29, 0.717) is 22.0 Å². The number of carbonyl (C=O) groups excluding carboxylic acids is 2. The Kier molecular flexibility index (Phi) is 5.66. The van der Waals surface area contributed by atoms with Gasteiger partial charge in [-0.15, -0.1) is 11.3 Å². The van der Waals surface area contributed by atoms with Crippen molar-refractivity contribution in [2.75, 3.05) is 17.7 Å². The molecule has 0 spiro atoms. The lowest BCUT2D eigenvalue weighted by Crippen LogP contribution is -2.13. The highest BCUT2D eigenvalue weighted by Crippen LogP contribution is 2.29. The second kappa shape index (κ2) is 8.31. The van der Waals surface area contributed by atoms with Crippen LogP contribution in [0.4, 0.5) is 17.1 Å². The molecule has 0 unspecified atom stereocenters. The molecule has 9 heteroatoms. The summed E-state index contributed by atoms with van der Waals surface area (Å²) in [6.07, 6.45) is 0. The molecule has 0 aliphatic heterocycles. The van der Waals surface area contributed by atoms with E-state index in [1.165, 1.54) is 42.7 Å². The van der Waals surface area contributed by atoms with E-state index in [1.807, 2.05) is 0 Å². The minimum Gasteiger partial charge on any atom is -0.494 e. The molecule has 0 aliphatic carbocycles. The molecule has 0 fully saturated rings. The van der Waals surface area contributed by atoms with Crippen LogP contribution in [0, 0.1) is 10.1 Å². The van der Waals surface area contributed by atoms with Gasteiger partial charge < -0.3 is 15.4 Å². The molecule has 8 nitrogen and oxygen atoms in total. The van der Waals surface area contributed by atoms with Gasteiger partial charge in [-0.1, -0.05) is 12.1 Å². The Hall–Kier alpha value is -3.72. The molecular formula is C19H15N3O5S. The molecule has 0 aliphatic rings. The number of methoxy groups -OCH3 is 1. The minimum atomic E-state index is -0.565. The van der Waals surface area contributed by atoms with Crippen LogP contribution >= 0.6 is 11.3 Å². The minimum absolute atomic E-state index is 0.156. The maximum atomic E-state index is 12.4. The molecule has 0 bridgehead atoms. The highest BCUT2D eigenvalue weighted by atomic mass is 32.1. The summed E-state index contributed by atoms with van der Waals surface area (Å²) in [7, 11) is 1.45. The van der Waals surface area contributed by atoms with Gasteiger partial charge in [0.05, 0.1) is 22.6 Å². The predicted molar refractivity (Wildman–Crippen MR) is 106 cm³/mol. The summed E-state index contributed by atoms with van der Waals surface area (Å²) in [5.74, 6) is -0.399. The summed E-state index contributed by atoms with van der Waals surface area (Å²) in [4.78, 5) is 35.4. The molecule has 2 amide bonds. The van der Waals surface area contributed by atoms with Crippen molar-refractivity contribution in [2.45, 2.75) is 0 Å². The number of nitrogens with zero attached hydrogens (tertiary/aromatic N) is 1. The summed E-state index contributed by atoms with van der Waals surface area (Å²) < 4.78 is 5.29. The number of hydrogen-bond donors (Lipinski definition) is 2. The van der Waals surface area contributed by atoms with Crippen LogP contribution in [0.3, 0.4) is 0 Å². The number of rotatable bonds is 6. The fourth-order valence-corrected chi connectivity index (χ4v) is 3.05. The molecule has 3 rings (SSSR count). The van der Waals surface area contributed by atoms with Crippen molar-refractivity contribution in [2.24, 2.45) is 0 Å². The summed E-state index contributed by atoms with van der Waals surface area (Å²) >= 11 is 1.32. The van der Waals surface area contributed by atoms with Gasteiger partial charge in [-0.2, -0.15) is 0 Å². The summed E-state index contributed by atoms with van der Waals surface area (Å²) in [6, 6.07) is 13.7. The summed E-state index contributed by atoms with van der Waals surface area (Å²) in [6.45, 7) is 0. The van der Waals surface area contributed by atoms with Crippen LogP contribution in [0.1, 0.15) is 20.0 Å². The quantitative estimate of drug-likeness (QED) is 0.479. The van der Waals surface area contributed by atoms with Crippen molar-refractivity contribution < 1.29 is 19.2 Å². The molecule has 0 saturated heterocycles. The van der Waals surface area contributed by atoms with Gasteiger partial charge in [0.15, 0.2) is 0 Å². The van der Waals surface area contributed by atoms with Gasteiger partial charge >= 0.3 is 0 Å². The molecule has 2 aromatic carbocycles. The monoisotopic (exact) mass is 397 g/mol. The van der Waals surface area contributed by atoms with E-state index >= 15 is 0 Å². The lowest BCUT2D eigenvalue weighted by molar-refractivity contribution is -0.384. The Balaban J connectivity index is 1.76. The zero-order chi connectivity index (χ0) is 20.1. The van der Waals surface area contributed by atoms with Crippen LogP contribution in [0.15, 0.2) is 60.0 Å². The zero-order valence-corrected chi connectivity index (χ0v) is 15.5. The Morgan fingerprint density at radius 2 is 1.86 bits per heavy atom. The Labute approximate surface area is 163 Å². The van der Waals surface area contributed by atoms with E-state index in [4.69, 9.17) is 4.74 Å². The Morgan fingerprint density at radius 1 is 1.04 bits per heavy atom. The summed E-state index contributed by atoms with van der Waals surface area (Å²) in [5, 5.41) is 18.1. The molecule has 1 heterocycles. The van der Waals surface area contributed by atoms with Gasteiger partial charge in [0.1, 0.15) is 5.75 Å². The van der Waals surface area contributed by atoms with Crippen LogP contribution < -0.4 is 15.4 Å². The van der Waals surface area contributed by atoms with E-state index in [1.54, 1.807) is 35.7 Å². The van der Waals surface area contributed by atoms with Crippen LogP contribution in [0.5, 0.6) is 5.75 Å². The second-order valence-electron chi connectivity index (χ2n) is 5.61. The number of nitrogens with one attached hydrogen (secondary N) is 2. The first kappa shape index (κ1) is 19.1. The van der Waals surface area contributed by atoms with Crippen LogP contribution in [0.25, 0.3) is 0 Å². The average Bonchev–Trinajstić information content (AvgIpc) is 3.24. The largest absolute Gasteiger partial charge is 0.494 e. The molecular weight excluding hydrogens is 382 g/mol. The third-order valence-electron chi connectivity index (χ3n) is 3.77. The molecule has 2 N–H and O–H groups in total. The van der Waals surface area contributed by atoms with Crippen molar-refractivity contribution >= 4 is 40.2 Å². The van der Waals surface area contributed by atoms with E-state index in [2.05, 4.69) is 10.6 Å². The smallest absolute Gasteiger partial charge is 0.270 e. The second-order valence-corrected chi connectivity index (χ2v) is 6.56. The highest BCUT2D eigenvalue weighted by Gasteiger charge is 2.14. The highest BCUT2D eigenvalue weighted by molar-refractivity contribution is 7.12. The van der Waals surface area contributed by atoms with Gasteiger partial charge in [-0.05, 0) is 29.6 Å². The van der Waals surface area contributed by atoms with Gasteiger partial charge in [0, 0.05) is 29.4 Å². The number of amides is 2. The number of anilines is 2. The number of nitro benzene ring substituents is 1. The molecule has 28 heavy (non-hydrogen) atoms. The first-order chi connectivity index (χ1) is 13.5. The molecule has 3 aromatic rings. The molecule has 0 radical (unpaired) electrons. The molecule has 142 valence electrons. The van der Waals surface area contributed by atoms with Crippen molar-refractivity contribution in [3.05, 3.63) is 80.5 Å². The van der Waals surface area contributed by atoms with Crippen molar-refractivity contribution in [1.82, 2.24) is 0 Å². The third-order valence-corrected chi connectivity index (χ3v) is 4.64. The lowest BCUT2D eigenvalue weighted by atomic mass is 10.2. The van der Waals surface area contributed by atoms with Crippen molar-refractivity contribution in [1.29, 1.82) is 0 Å². The third kappa shape index (κ3) is 4.33. The fourth-order valence-electron chi connectivity index (χ4n) is 2.43. The topological polar surface area (TPSA) is 111 Å². The van der Waals surface area contributed by atoms with Crippen molar-refractivity contribution in [3.8, 4) is 5.75 Å². The van der Waals surface area contributed by atoms with E-state index < -0.39 is 10.8 Å². The fraction of sp³-hybridized carbons (Fsp3) is 0.0526. The number of thiophene rings is 1. The van der Waals surface area contributed by atoms with Crippen LogP contribution in [0.2, 0.25) is 0 Å². The maximum Gasteiger partial charge on any atom is 0.270 e. The Bertz CT molecular complexity index is 1030. The van der Waals surface area contributed by atoms with Gasteiger partial charge in [0.25, 0.3) is 17.5 Å². The SMILES string of the molecule is COc1cc(NC(=O)c2cccc([N+](=O)[O-])c2)ccc1NC(=O)c1cccs1. The number of ether oxygens (including phenoxy) is 1. The van der Waals surface area contributed by atoms with E-state index in [-0.39, 0.29) is 17.2 Å². The number of non-ortho nitro benzene ring substituents is 1. The normalized spacial score (nSPS) is 10.2. The zero-order valence-electron chi connectivity index (χ0n) is 14.7. The molecule has 0 atom stereocenters. The first-order valence-corrected chi connectivity index (χ1v) is 8.94. The maximum absolute atomic E-state index is 12.4. The van der Waals surface area contributed by atoms with Gasteiger partial charge in [-0.25, -0.2) is 0 Å². The van der Waals surface area contributed by atoms with Crippen molar-refractivity contribution in [3.63, 3.8) is 0 Å². The predicted octanol–water partition coefficient (Wildman–Crippen LogP) is 4.17. The number of hydrogen-bond acceptors (Lipinski definition) is 6. The number of carbonyl (C=O) groups is 2. The molecule has 0 saturated carbocycles. The number of benzene rings is 2. The Morgan fingerprint density at radius 3 is 2.54 bits per heavy atom. The lowest BCUT2D eigenvalue weighted by Gasteiger charge is -2.12. The van der Waals surface area contributed by atoms with E-state index in [9.17, 15) is 19.7 Å². The van der Waals surface area contributed by atoms with Crippen LogP contribution in [-0.2, 0) is 0 Å².